The molecule has 0 spiro atoms. The van der Waals surface area contributed by atoms with Crippen molar-refractivity contribution in [2.24, 2.45) is 10.7 Å². The van der Waals surface area contributed by atoms with E-state index in [1.165, 1.54) is 0 Å². The average molecular weight is 365 g/mol. The maximum Gasteiger partial charge on any atom is 0.193 e. The second-order valence-corrected chi connectivity index (χ2v) is 5.82. The van der Waals surface area contributed by atoms with E-state index in [1.807, 2.05) is 66.7 Å². The standard InChI is InChI=1S/C21H23N3O3/c22-21(23-12-6-13-25-16-20-11-5-14-26-20)24-17-7-4-10-19(15-17)27-18-8-2-1-3-9-18/h1-5,7-11,14-15H,6,12-13,16H2,(H3,22,23,24). The Morgan fingerprint density at radius 2 is 1.85 bits per heavy atom. The van der Waals surface area contributed by atoms with E-state index in [-0.39, 0.29) is 0 Å². The molecule has 6 nitrogen and oxygen atoms in total. The van der Waals surface area contributed by atoms with Crippen molar-refractivity contribution < 1.29 is 13.9 Å². The second kappa shape index (κ2) is 10.0. The highest BCUT2D eigenvalue weighted by Gasteiger charge is 2.00. The van der Waals surface area contributed by atoms with Gasteiger partial charge in [-0.15, -0.1) is 0 Å². The third-order valence-electron chi connectivity index (χ3n) is 3.64. The monoisotopic (exact) mass is 365 g/mol. The van der Waals surface area contributed by atoms with E-state index in [4.69, 9.17) is 19.6 Å². The van der Waals surface area contributed by atoms with Crippen LogP contribution < -0.4 is 15.8 Å². The summed E-state index contributed by atoms with van der Waals surface area (Å²) in [6, 6.07) is 20.9. The van der Waals surface area contributed by atoms with E-state index < -0.39 is 0 Å². The van der Waals surface area contributed by atoms with E-state index in [1.54, 1.807) is 6.26 Å². The van der Waals surface area contributed by atoms with Crippen LogP contribution in [0.2, 0.25) is 0 Å². The van der Waals surface area contributed by atoms with Gasteiger partial charge in [0.15, 0.2) is 5.96 Å². The molecule has 0 amide bonds. The summed E-state index contributed by atoms with van der Waals surface area (Å²) in [5.74, 6) is 2.69. The van der Waals surface area contributed by atoms with Gasteiger partial charge in [0, 0.05) is 24.9 Å². The normalized spacial score (nSPS) is 11.3. The van der Waals surface area contributed by atoms with Gasteiger partial charge in [0.25, 0.3) is 0 Å². The second-order valence-electron chi connectivity index (χ2n) is 5.82. The molecule has 0 fully saturated rings. The van der Waals surface area contributed by atoms with Crippen LogP contribution in [0.5, 0.6) is 11.5 Å². The van der Waals surface area contributed by atoms with Gasteiger partial charge >= 0.3 is 0 Å². The number of guanidine groups is 1. The molecule has 0 unspecified atom stereocenters. The molecule has 0 bridgehead atoms. The van der Waals surface area contributed by atoms with Gasteiger partial charge in [0.1, 0.15) is 23.9 Å². The van der Waals surface area contributed by atoms with Gasteiger partial charge in [-0.2, -0.15) is 0 Å². The Labute approximate surface area is 158 Å². The summed E-state index contributed by atoms with van der Waals surface area (Å²) >= 11 is 0. The van der Waals surface area contributed by atoms with Crippen LogP contribution in [0.1, 0.15) is 12.2 Å². The quantitative estimate of drug-likeness (QED) is 0.333. The molecule has 3 rings (SSSR count). The Hall–Kier alpha value is -3.25. The van der Waals surface area contributed by atoms with Crippen molar-refractivity contribution in [3.63, 3.8) is 0 Å². The van der Waals surface area contributed by atoms with E-state index in [0.29, 0.717) is 25.7 Å². The number of anilines is 1. The summed E-state index contributed by atoms with van der Waals surface area (Å²) < 4.78 is 16.5. The van der Waals surface area contributed by atoms with E-state index in [0.717, 1.165) is 29.4 Å². The molecule has 140 valence electrons. The maximum absolute atomic E-state index is 5.94. The molecule has 0 aliphatic carbocycles. The number of nitrogens with zero attached hydrogens (tertiary/aromatic N) is 1. The van der Waals surface area contributed by atoms with Crippen LogP contribution >= 0.6 is 0 Å². The molecule has 3 N–H and O–H groups in total. The minimum atomic E-state index is 0.359. The molecule has 27 heavy (non-hydrogen) atoms. The Morgan fingerprint density at radius 1 is 1.00 bits per heavy atom. The lowest BCUT2D eigenvalue weighted by atomic mass is 10.3. The van der Waals surface area contributed by atoms with Crippen molar-refractivity contribution in [3.05, 3.63) is 78.8 Å². The first-order chi connectivity index (χ1) is 13.3. The first kappa shape index (κ1) is 18.5. The lowest BCUT2D eigenvalue weighted by Gasteiger charge is -2.09. The van der Waals surface area contributed by atoms with Gasteiger partial charge in [-0.1, -0.05) is 24.3 Å². The molecule has 3 aromatic rings. The number of para-hydroxylation sites is 1. The summed E-state index contributed by atoms with van der Waals surface area (Å²) in [6.45, 7) is 1.65. The average Bonchev–Trinajstić information content (AvgIpc) is 3.19. The molecular formula is C21H23N3O3. The molecular weight excluding hydrogens is 342 g/mol. The zero-order valence-electron chi connectivity index (χ0n) is 15.0. The maximum atomic E-state index is 5.94. The first-order valence-corrected chi connectivity index (χ1v) is 8.79. The van der Waals surface area contributed by atoms with Gasteiger partial charge < -0.3 is 24.9 Å². The fourth-order valence-corrected chi connectivity index (χ4v) is 2.38. The minimum Gasteiger partial charge on any atom is -0.467 e. The Morgan fingerprint density at radius 3 is 2.67 bits per heavy atom. The number of furan rings is 1. The molecule has 0 aliphatic rings. The fraction of sp³-hybridized carbons (Fsp3) is 0.190. The third kappa shape index (κ3) is 6.52. The molecule has 0 atom stereocenters. The van der Waals surface area contributed by atoms with Crippen LogP contribution in [0.3, 0.4) is 0 Å². The summed E-state index contributed by atoms with van der Waals surface area (Å²) in [5, 5.41) is 3.07. The smallest absolute Gasteiger partial charge is 0.193 e. The van der Waals surface area contributed by atoms with Crippen molar-refractivity contribution in [2.75, 3.05) is 18.5 Å². The number of ether oxygens (including phenoxy) is 2. The lowest BCUT2D eigenvalue weighted by Crippen LogP contribution is -2.23. The van der Waals surface area contributed by atoms with Crippen molar-refractivity contribution in [2.45, 2.75) is 13.0 Å². The highest BCUT2D eigenvalue weighted by Crippen LogP contribution is 2.23. The van der Waals surface area contributed by atoms with Gasteiger partial charge in [-0.25, -0.2) is 0 Å². The highest BCUT2D eigenvalue weighted by molar-refractivity contribution is 5.92. The van der Waals surface area contributed by atoms with Crippen LogP contribution in [-0.4, -0.2) is 19.1 Å². The molecule has 0 saturated heterocycles. The molecule has 1 aromatic heterocycles. The van der Waals surface area contributed by atoms with Crippen LogP contribution in [0.4, 0.5) is 5.69 Å². The van der Waals surface area contributed by atoms with Gasteiger partial charge in [0.05, 0.1) is 6.26 Å². The third-order valence-corrected chi connectivity index (χ3v) is 3.64. The summed E-state index contributed by atoms with van der Waals surface area (Å²) in [5.41, 5.74) is 6.76. The number of nitrogens with one attached hydrogen (secondary N) is 1. The Balaban J connectivity index is 1.41. The van der Waals surface area contributed by atoms with Gasteiger partial charge in [0.2, 0.25) is 0 Å². The van der Waals surface area contributed by atoms with Crippen LogP contribution in [0.15, 0.2) is 82.4 Å². The zero-order chi connectivity index (χ0) is 18.7. The largest absolute Gasteiger partial charge is 0.467 e. The molecule has 0 saturated carbocycles. The fourth-order valence-electron chi connectivity index (χ4n) is 2.38. The highest BCUT2D eigenvalue weighted by atomic mass is 16.5. The molecule has 0 radical (unpaired) electrons. The summed E-state index contributed by atoms with van der Waals surface area (Å²) in [6.07, 6.45) is 2.41. The van der Waals surface area contributed by atoms with Crippen LogP contribution in [-0.2, 0) is 11.3 Å². The molecule has 0 aliphatic heterocycles. The number of hydrogen-bond donors (Lipinski definition) is 2. The zero-order valence-corrected chi connectivity index (χ0v) is 15.0. The number of benzene rings is 2. The van der Waals surface area contributed by atoms with Crippen LogP contribution in [0, 0.1) is 0 Å². The van der Waals surface area contributed by atoms with Crippen LogP contribution in [0.25, 0.3) is 0 Å². The Kier molecular flexibility index (Phi) is 6.89. The van der Waals surface area contributed by atoms with Crippen molar-refractivity contribution in [3.8, 4) is 11.5 Å². The molecule has 1 heterocycles. The first-order valence-electron chi connectivity index (χ1n) is 8.79. The predicted molar refractivity (Wildman–Crippen MR) is 106 cm³/mol. The van der Waals surface area contributed by atoms with Gasteiger partial charge in [-0.05, 0) is 42.8 Å². The topological polar surface area (TPSA) is 82.0 Å². The minimum absolute atomic E-state index is 0.359. The van der Waals surface area contributed by atoms with Crippen molar-refractivity contribution >= 4 is 11.6 Å². The van der Waals surface area contributed by atoms with Gasteiger partial charge in [-0.3, -0.25) is 4.99 Å². The number of aliphatic imine (C=N–C) groups is 1. The van der Waals surface area contributed by atoms with E-state index in [2.05, 4.69) is 10.3 Å². The molecule has 6 heteroatoms. The van der Waals surface area contributed by atoms with Crippen molar-refractivity contribution in [1.29, 1.82) is 0 Å². The number of rotatable bonds is 9. The van der Waals surface area contributed by atoms with E-state index in [9.17, 15) is 0 Å². The van der Waals surface area contributed by atoms with Crippen molar-refractivity contribution in [1.82, 2.24) is 0 Å². The SMILES string of the molecule is NC(=NCCCOCc1ccco1)Nc1cccc(Oc2ccccc2)c1. The molecule has 2 aromatic carbocycles. The summed E-state index contributed by atoms with van der Waals surface area (Å²) in [7, 11) is 0. The summed E-state index contributed by atoms with van der Waals surface area (Å²) in [4.78, 5) is 4.31. The Bertz CT molecular complexity index is 833. The number of nitrogens with two attached hydrogens (primary N) is 1. The predicted octanol–water partition coefficient (Wildman–Crippen LogP) is 4.41. The van der Waals surface area contributed by atoms with E-state index >= 15 is 0 Å². The lowest BCUT2D eigenvalue weighted by molar-refractivity contribution is 0.105. The number of hydrogen-bond acceptors (Lipinski definition) is 4.